The summed E-state index contributed by atoms with van der Waals surface area (Å²) in [6, 6.07) is 17.0. The molecule has 1 aliphatic carbocycles. The van der Waals surface area contributed by atoms with Gasteiger partial charge in [0.1, 0.15) is 5.78 Å². The van der Waals surface area contributed by atoms with E-state index < -0.39 is 0 Å². The number of carbonyl (C=O) groups excluding carboxylic acids is 1. The number of benzene rings is 2. The Balaban J connectivity index is 1.48. The van der Waals surface area contributed by atoms with Crippen LogP contribution in [-0.2, 0) is 30.5 Å². The van der Waals surface area contributed by atoms with E-state index in [4.69, 9.17) is 0 Å². The van der Waals surface area contributed by atoms with Crippen LogP contribution in [-0.4, -0.2) is 5.78 Å². The largest absolute Gasteiger partial charge is 0.299 e. The summed E-state index contributed by atoms with van der Waals surface area (Å²) in [6.45, 7) is 0. The first-order valence-electron chi connectivity index (χ1n) is 7.97. The average Bonchev–Trinajstić information content (AvgIpc) is 2.96. The van der Waals surface area contributed by atoms with Gasteiger partial charge in [-0.05, 0) is 54.4 Å². The molecule has 0 bridgehead atoms. The van der Waals surface area contributed by atoms with Gasteiger partial charge in [-0.3, -0.25) is 4.79 Å². The van der Waals surface area contributed by atoms with Gasteiger partial charge in [-0.15, -0.1) is 0 Å². The molecule has 0 amide bonds. The summed E-state index contributed by atoms with van der Waals surface area (Å²) < 4.78 is 0. The van der Waals surface area contributed by atoms with E-state index in [-0.39, 0.29) is 0 Å². The van der Waals surface area contributed by atoms with Crippen LogP contribution < -0.4 is 0 Å². The number of ketones is 1. The molecule has 2 aromatic carbocycles. The third-order valence-electron chi connectivity index (χ3n) is 4.33. The molecule has 0 unspecified atom stereocenters. The number of rotatable bonds is 6. The Morgan fingerprint density at radius 3 is 2.57 bits per heavy atom. The molecule has 0 aliphatic heterocycles. The quantitative estimate of drug-likeness (QED) is 0.769. The zero-order valence-corrected chi connectivity index (χ0v) is 12.5. The summed E-state index contributed by atoms with van der Waals surface area (Å²) in [5, 5.41) is 0. The average molecular weight is 278 g/mol. The molecule has 0 atom stereocenters. The third kappa shape index (κ3) is 3.81. The molecule has 2 aromatic rings. The van der Waals surface area contributed by atoms with E-state index in [1.165, 1.54) is 41.5 Å². The van der Waals surface area contributed by atoms with Crippen LogP contribution in [0.4, 0.5) is 0 Å². The standard InChI is InChI=1S/C20H22O/c21-20(11-4-8-16-6-2-1-3-7-16)15-17-12-13-18-9-5-10-19(18)14-17/h1-3,6-7,12-14H,4-5,8-11,15H2. The van der Waals surface area contributed by atoms with Gasteiger partial charge >= 0.3 is 0 Å². The lowest BCUT2D eigenvalue weighted by molar-refractivity contribution is -0.118. The maximum absolute atomic E-state index is 12.1. The molecule has 3 rings (SSSR count). The van der Waals surface area contributed by atoms with Crippen molar-refractivity contribution in [1.29, 1.82) is 0 Å². The zero-order valence-electron chi connectivity index (χ0n) is 12.5. The van der Waals surface area contributed by atoms with E-state index in [9.17, 15) is 4.79 Å². The molecule has 1 heteroatoms. The highest BCUT2D eigenvalue weighted by atomic mass is 16.1. The highest BCUT2D eigenvalue weighted by Gasteiger charge is 2.12. The lowest BCUT2D eigenvalue weighted by Gasteiger charge is -2.05. The first kappa shape index (κ1) is 14.1. The second-order valence-corrected chi connectivity index (χ2v) is 6.01. The Kier molecular flexibility index (Phi) is 4.49. The number of hydrogen-bond donors (Lipinski definition) is 0. The van der Waals surface area contributed by atoms with Gasteiger partial charge in [-0.2, -0.15) is 0 Å². The van der Waals surface area contributed by atoms with E-state index in [1.807, 2.05) is 6.07 Å². The SMILES string of the molecule is O=C(CCCc1ccccc1)Cc1ccc2c(c1)CCC2. The van der Waals surface area contributed by atoms with Crippen molar-refractivity contribution in [3.05, 3.63) is 70.8 Å². The number of fused-ring (bicyclic) bond motifs is 1. The van der Waals surface area contributed by atoms with Crippen LogP contribution in [0.15, 0.2) is 48.5 Å². The molecular weight excluding hydrogens is 256 g/mol. The Morgan fingerprint density at radius 2 is 1.71 bits per heavy atom. The molecule has 0 N–H and O–H groups in total. The van der Waals surface area contributed by atoms with Crippen LogP contribution >= 0.6 is 0 Å². The van der Waals surface area contributed by atoms with Gasteiger partial charge in [0.25, 0.3) is 0 Å². The first-order chi connectivity index (χ1) is 10.3. The molecule has 1 aliphatic rings. The van der Waals surface area contributed by atoms with Crippen LogP contribution in [0, 0.1) is 0 Å². The topological polar surface area (TPSA) is 17.1 Å². The minimum Gasteiger partial charge on any atom is -0.299 e. The molecule has 0 heterocycles. The van der Waals surface area contributed by atoms with Gasteiger partial charge in [0.15, 0.2) is 0 Å². The van der Waals surface area contributed by atoms with E-state index >= 15 is 0 Å². The molecule has 0 aromatic heterocycles. The normalized spacial score (nSPS) is 13.1. The zero-order chi connectivity index (χ0) is 14.5. The molecule has 0 saturated heterocycles. The minimum atomic E-state index is 0.365. The van der Waals surface area contributed by atoms with Gasteiger partial charge in [0.2, 0.25) is 0 Å². The summed E-state index contributed by atoms with van der Waals surface area (Å²) in [6.07, 6.45) is 6.90. The maximum atomic E-state index is 12.1. The fraction of sp³-hybridized carbons (Fsp3) is 0.350. The van der Waals surface area contributed by atoms with Gasteiger partial charge < -0.3 is 0 Å². The highest BCUT2D eigenvalue weighted by Crippen LogP contribution is 2.23. The van der Waals surface area contributed by atoms with Crippen molar-refractivity contribution in [3.8, 4) is 0 Å². The van der Waals surface area contributed by atoms with Gasteiger partial charge in [-0.1, -0.05) is 48.5 Å². The van der Waals surface area contributed by atoms with Crippen LogP contribution in [0.1, 0.15) is 41.5 Å². The Labute approximate surface area is 127 Å². The van der Waals surface area contributed by atoms with Crippen molar-refractivity contribution in [2.24, 2.45) is 0 Å². The molecule has 21 heavy (non-hydrogen) atoms. The summed E-state index contributed by atoms with van der Waals surface area (Å²) >= 11 is 0. The molecule has 1 nitrogen and oxygen atoms in total. The van der Waals surface area contributed by atoms with Gasteiger partial charge in [-0.25, -0.2) is 0 Å². The second-order valence-electron chi connectivity index (χ2n) is 6.01. The Morgan fingerprint density at radius 1 is 0.905 bits per heavy atom. The van der Waals surface area contributed by atoms with E-state index in [2.05, 4.69) is 42.5 Å². The van der Waals surface area contributed by atoms with Gasteiger partial charge in [0.05, 0.1) is 0 Å². The van der Waals surface area contributed by atoms with Crippen LogP contribution in [0.25, 0.3) is 0 Å². The minimum absolute atomic E-state index is 0.365. The third-order valence-corrected chi connectivity index (χ3v) is 4.33. The number of aryl methyl sites for hydroxylation is 3. The van der Waals surface area contributed by atoms with Crippen molar-refractivity contribution in [2.45, 2.75) is 44.9 Å². The molecule has 108 valence electrons. The second kappa shape index (κ2) is 6.71. The predicted octanol–water partition coefficient (Wildman–Crippen LogP) is 4.31. The van der Waals surface area contributed by atoms with Crippen molar-refractivity contribution in [2.75, 3.05) is 0 Å². The summed E-state index contributed by atoms with van der Waals surface area (Å²) in [5.41, 5.74) is 5.46. The summed E-state index contributed by atoms with van der Waals surface area (Å²) in [7, 11) is 0. The van der Waals surface area contributed by atoms with Gasteiger partial charge in [0, 0.05) is 12.8 Å². The van der Waals surface area contributed by atoms with E-state index in [1.54, 1.807) is 0 Å². The van der Waals surface area contributed by atoms with Crippen LogP contribution in [0.2, 0.25) is 0 Å². The lowest BCUT2D eigenvalue weighted by atomic mass is 10.00. The van der Waals surface area contributed by atoms with Crippen molar-refractivity contribution in [3.63, 3.8) is 0 Å². The molecular formula is C20H22O. The number of carbonyl (C=O) groups is 1. The van der Waals surface area contributed by atoms with Crippen LogP contribution in [0.5, 0.6) is 0 Å². The summed E-state index contributed by atoms with van der Waals surface area (Å²) in [4.78, 5) is 12.1. The molecule has 0 fully saturated rings. The van der Waals surface area contributed by atoms with Crippen molar-refractivity contribution in [1.82, 2.24) is 0 Å². The first-order valence-corrected chi connectivity index (χ1v) is 7.97. The number of Topliss-reactive ketones (excluding diaryl/α,β-unsaturated/α-hetero) is 1. The van der Waals surface area contributed by atoms with Crippen molar-refractivity contribution < 1.29 is 4.79 Å². The maximum Gasteiger partial charge on any atom is 0.137 e. The lowest BCUT2D eigenvalue weighted by Crippen LogP contribution is -2.04. The smallest absolute Gasteiger partial charge is 0.137 e. The highest BCUT2D eigenvalue weighted by molar-refractivity contribution is 5.80. The van der Waals surface area contributed by atoms with Crippen molar-refractivity contribution >= 4 is 5.78 Å². The molecule has 0 spiro atoms. The van der Waals surface area contributed by atoms with Crippen LogP contribution in [0.3, 0.4) is 0 Å². The molecule has 0 saturated carbocycles. The molecule has 0 radical (unpaired) electrons. The summed E-state index contributed by atoms with van der Waals surface area (Å²) in [5.74, 6) is 0.365. The Hall–Kier alpha value is -1.89. The number of hydrogen-bond acceptors (Lipinski definition) is 1. The van der Waals surface area contributed by atoms with E-state index in [0.717, 1.165) is 12.8 Å². The Bertz CT molecular complexity index is 613. The fourth-order valence-electron chi connectivity index (χ4n) is 3.19. The fourth-order valence-corrected chi connectivity index (χ4v) is 3.19. The van der Waals surface area contributed by atoms with E-state index in [0.29, 0.717) is 18.6 Å². The predicted molar refractivity (Wildman–Crippen MR) is 86.6 cm³/mol. The monoisotopic (exact) mass is 278 g/mol.